The molecule has 1 aliphatic rings. The van der Waals surface area contributed by atoms with Crippen LogP contribution in [0.1, 0.15) is 28.9 Å². The molecule has 1 atom stereocenters. The van der Waals surface area contributed by atoms with Gasteiger partial charge in [0.1, 0.15) is 13.1 Å². The van der Waals surface area contributed by atoms with E-state index in [0.717, 1.165) is 32.0 Å². The highest BCUT2D eigenvalue weighted by molar-refractivity contribution is 5.96. The van der Waals surface area contributed by atoms with Gasteiger partial charge in [0, 0.05) is 16.8 Å². The summed E-state index contributed by atoms with van der Waals surface area (Å²) in [5.74, 6) is -0.242. The first kappa shape index (κ1) is 18.1. The molecular weight excluding hydrogens is 328 g/mol. The van der Waals surface area contributed by atoms with Gasteiger partial charge in [0.05, 0.1) is 18.9 Å². The number of nitrogens with zero attached hydrogens (tertiary/aromatic N) is 1. The number of nitrogens with one attached hydrogen (secondary N) is 2. The number of hydrogen-bond donors (Lipinski definition) is 3. The summed E-state index contributed by atoms with van der Waals surface area (Å²) < 4.78 is 5.49. The van der Waals surface area contributed by atoms with E-state index in [1.54, 1.807) is 24.3 Å². The van der Waals surface area contributed by atoms with Crippen molar-refractivity contribution in [1.82, 2.24) is 5.43 Å². The maximum absolute atomic E-state index is 12.3. The Balaban J connectivity index is 1.77. The number of amides is 1. The van der Waals surface area contributed by atoms with E-state index < -0.39 is 0 Å². The zero-order chi connectivity index (χ0) is 18.4. The minimum Gasteiger partial charge on any atom is -0.399 e. The van der Waals surface area contributed by atoms with E-state index >= 15 is 0 Å². The number of hydrogen-bond acceptors (Lipinski definition) is 4. The summed E-state index contributed by atoms with van der Waals surface area (Å²) in [4.78, 5) is 13.7. The molecule has 0 radical (unpaired) electrons. The molecule has 136 valence electrons. The molecule has 0 bridgehead atoms. The molecule has 3 rings (SSSR count). The van der Waals surface area contributed by atoms with Crippen LogP contribution < -0.4 is 16.1 Å². The first-order valence-corrected chi connectivity index (χ1v) is 8.82. The fraction of sp³-hybridized carbons (Fsp3) is 0.300. The third kappa shape index (κ3) is 4.47. The lowest BCUT2D eigenvalue weighted by atomic mass is 10.0. The van der Waals surface area contributed by atoms with Gasteiger partial charge < -0.3 is 15.4 Å². The largest absolute Gasteiger partial charge is 0.399 e. The van der Waals surface area contributed by atoms with Crippen LogP contribution in [0.5, 0.6) is 0 Å². The number of carbonyl (C=O) groups is 1. The third-order valence-corrected chi connectivity index (χ3v) is 4.60. The first-order valence-electron chi connectivity index (χ1n) is 8.82. The molecule has 6 nitrogen and oxygen atoms in total. The van der Waals surface area contributed by atoms with Crippen molar-refractivity contribution >= 4 is 17.3 Å². The number of benzene rings is 2. The van der Waals surface area contributed by atoms with E-state index in [2.05, 4.69) is 22.7 Å². The smallest absolute Gasteiger partial charge is 0.271 e. The average Bonchev–Trinajstić information content (AvgIpc) is 2.68. The summed E-state index contributed by atoms with van der Waals surface area (Å²) >= 11 is 0. The van der Waals surface area contributed by atoms with E-state index in [-0.39, 0.29) is 11.9 Å². The molecule has 1 saturated heterocycles. The van der Waals surface area contributed by atoms with Gasteiger partial charge in [-0.05, 0) is 31.2 Å². The maximum atomic E-state index is 12.3. The van der Waals surface area contributed by atoms with Gasteiger partial charge in [0.2, 0.25) is 0 Å². The molecule has 0 aliphatic carbocycles. The summed E-state index contributed by atoms with van der Waals surface area (Å²) in [5.41, 5.74) is 11.6. The van der Waals surface area contributed by atoms with Crippen molar-refractivity contribution in [1.29, 1.82) is 0 Å². The van der Waals surface area contributed by atoms with Crippen LogP contribution in [0.2, 0.25) is 0 Å². The van der Waals surface area contributed by atoms with E-state index in [1.165, 1.54) is 10.5 Å². The number of morpholine rings is 1. The van der Waals surface area contributed by atoms with E-state index in [1.807, 2.05) is 25.1 Å². The van der Waals surface area contributed by atoms with Gasteiger partial charge in [-0.2, -0.15) is 5.10 Å². The van der Waals surface area contributed by atoms with Gasteiger partial charge in [-0.25, -0.2) is 5.43 Å². The van der Waals surface area contributed by atoms with Gasteiger partial charge in [-0.1, -0.05) is 30.3 Å². The molecule has 1 aliphatic heterocycles. The highest BCUT2D eigenvalue weighted by Gasteiger charge is 2.29. The Kier molecular flexibility index (Phi) is 5.99. The predicted octanol–water partition coefficient (Wildman–Crippen LogP) is 1.03. The number of nitrogens with two attached hydrogens (primary N) is 1. The monoisotopic (exact) mass is 353 g/mol. The van der Waals surface area contributed by atoms with Gasteiger partial charge >= 0.3 is 0 Å². The highest BCUT2D eigenvalue weighted by Crippen LogP contribution is 2.12. The predicted molar refractivity (Wildman–Crippen MR) is 102 cm³/mol. The number of anilines is 1. The number of rotatable bonds is 5. The second-order valence-corrected chi connectivity index (χ2v) is 6.43. The number of hydrazone groups is 1. The van der Waals surface area contributed by atoms with E-state index in [0.29, 0.717) is 11.3 Å². The van der Waals surface area contributed by atoms with Crippen LogP contribution >= 0.6 is 0 Å². The molecule has 26 heavy (non-hydrogen) atoms. The molecule has 4 N–H and O–H groups in total. The van der Waals surface area contributed by atoms with Crippen LogP contribution in [-0.2, 0) is 4.74 Å². The maximum Gasteiger partial charge on any atom is 0.271 e. The molecule has 1 fully saturated rings. The number of ether oxygens (including phenoxy) is 1. The quantitative estimate of drug-likeness (QED) is 0.427. The normalized spacial score (nSPS) is 16.9. The minimum absolute atomic E-state index is 0.0896. The Morgan fingerprint density at radius 1 is 1.12 bits per heavy atom. The Bertz CT molecular complexity index is 753. The van der Waals surface area contributed by atoms with Gasteiger partial charge in [-0.3, -0.25) is 4.79 Å². The lowest BCUT2D eigenvalue weighted by Crippen LogP contribution is -3.15. The molecular formula is C20H25N4O2+. The SMILES string of the molecule is C/C(=N/NC(=O)c1ccc(N)cc1)[C@H](c1ccccc1)[NH+]1CCOCC1. The fourth-order valence-electron chi connectivity index (χ4n) is 3.24. The number of carbonyl (C=O) groups excluding carboxylic acids is 1. The van der Waals surface area contributed by atoms with Crippen LogP contribution in [0.4, 0.5) is 5.69 Å². The van der Waals surface area contributed by atoms with Crippen LogP contribution in [0.25, 0.3) is 0 Å². The Morgan fingerprint density at radius 2 is 1.77 bits per heavy atom. The molecule has 0 unspecified atom stereocenters. The van der Waals surface area contributed by atoms with Crippen molar-refractivity contribution < 1.29 is 14.4 Å². The van der Waals surface area contributed by atoms with Gasteiger partial charge in [0.15, 0.2) is 6.04 Å². The molecule has 6 heteroatoms. The lowest BCUT2D eigenvalue weighted by molar-refractivity contribution is -0.928. The van der Waals surface area contributed by atoms with Crippen LogP contribution in [-0.4, -0.2) is 37.9 Å². The van der Waals surface area contributed by atoms with Crippen molar-refractivity contribution in [3.05, 3.63) is 65.7 Å². The molecule has 0 aromatic heterocycles. The highest BCUT2D eigenvalue weighted by atomic mass is 16.5. The van der Waals surface area contributed by atoms with Crippen molar-refractivity contribution in [3.8, 4) is 0 Å². The molecule has 0 spiro atoms. The second kappa shape index (κ2) is 8.60. The van der Waals surface area contributed by atoms with Gasteiger partial charge in [-0.15, -0.1) is 0 Å². The molecule has 1 amide bonds. The number of nitrogen functional groups attached to an aromatic ring is 1. The average molecular weight is 353 g/mol. The van der Waals surface area contributed by atoms with Crippen LogP contribution in [0.3, 0.4) is 0 Å². The Hall–Kier alpha value is -2.70. The van der Waals surface area contributed by atoms with Crippen LogP contribution in [0.15, 0.2) is 59.7 Å². The second-order valence-electron chi connectivity index (χ2n) is 6.43. The van der Waals surface area contributed by atoms with Crippen molar-refractivity contribution in [3.63, 3.8) is 0 Å². The summed E-state index contributed by atoms with van der Waals surface area (Å²) in [6, 6.07) is 17.2. The van der Waals surface area contributed by atoms with Crippen molar-refractivity contribution in [2.75, 3.05) is 32.0 Å². The minimum atomic E-state index is -0.242. The molecule has 2 aromatic rings. The Morgan fingerprint density at radius 3 is 2.42 bits per heavy atom. The standard InChI is InChI=1S/C20H24N4O2/c1-15(22-23-20(25)17-7-9-18(21)10-8-17)19(16-5-3-2-4-6-16)24-11-13-26-14-12-24/h2-10,19H,11-14,21H2,1H3,(H,23,25)/p+1/b22-15-/t19-/m1/s1. The summed E-state index contributed by atoms with van der Waals surface area (Å²) in [6.45, 7) is 5.27. The fourth-order valence-corrected chi connectivity index (χ4v) is 3.24. The third-order valence-electron chi connectivity index (χ3n) is 4.60. The van der Waals surface area contributed by atoms with Crippen molar-refractivity contribution in [2.24, 2.45) is 5.10 Å². The first-order chi connectivity index (χ1) is 12.6. The summed E-state index contributed by atoms with van der Waals surface area (Å²) in [7, 11) is 0. The van der Waals surface area contributed by atoms with Crippen molar-refractivity contribution in [2.45, 2.75) is 13.0 Å². The topological polar surface area (TPSA) is 81.2 Å². The van der Waals surface area contributed by atoms with Crippen LogP contribution in [0, 0.1) is 0 Å². The lowest BCUT2D eigenvalue weighted by Gasteiger charge is -2.31. The Labute approximate surface area is 153 Å². The molecule has 1 heterocycles. The zero-order valence-corrected chi connectivity index (χ0v) is 14.9. The van der Waals surface area contributed by atoms with E-state index in [9.17, 15) is 4.79 Å². The van der Waals surface area contributed by atoms with E-state index in [4.69, 9.17) is 10.5 Å². The van der Waals surface area contributed by atoms with Gasteiger partial charge in [0.25, 0.3) is 5.91 Å². The zero-order valence-electron chi connectivity index (χ0n) is 14.9. The molecule has 0 saturated carbocycles. The number of quaternary nitrogens is 1. The summed E-state index contributed by atoms with van der Waals surface area (Å²) in [6.07, 6.45) is 0. The molecule has 2 aromatic carbocycles. The summed E-state index contributed by atoms with van der Waals surface area (Å²) in [5, 5.41) is 4.40.